The summed E-state index contributed by atoms with van der Waals surface area (Å²) < 4.78 is 0. The molecule has 0 heteroatoms. The number of benzene rings is 4. The van der Waals surface area contributed by atoms with E-state index >= 15 is 0 Å². The molecule has 0 atom stereocenters. The molecule has 0 aromatic heterocycles. The van der Waals surface area contributed by atoms with E-state index in [9.17, 15) is 0 Å². The highest BCUT2D eigenvalue weighted by atomic mass is 14.0. The maximum atomic E-state index is 2.18. The number of hydrogen-bond donors (Lipinski definition) is 0. The van der Waals surface area contributed by atoms with Crippen molar-refractivity contribution in [3.05, 3.63) is 118 Å². The number of aryl methyl sites for hydroxylation is 4. The average Bonchev–Trinajstić information content (AvgIpc) is 2.72. The van der Waals surface area contributed by atoms with E-state index in [-0.39, 0.29) is 0 Å². The summed E-state index contributed by atoms with van der Waals surface area (Å²) >= 11 is 0. The van der Waals surface area contributed by atoms with Crippen LogP contribution in [0.25, 0.3) is 22.9 Å². The molecule has 0 aliphatic rings. The second-order valence-corrected chi connectivity index (χ2v) is 7.40. The maximum Gasteiger partial charge on any atom is -0.0152 e. The molecule has 0 unspecified atom stereocenters. The summed E-state index contributed by atoms with van der Waals surface area (Å²) in [4.78, 5) is 0. The molecule has 0 nitrogen and oxygen atoms in total. The monoisotopic (exact) mass is 364 g/mol. The largest absolute Gasteiger partial charge is 0.0616 e. The summed E-state index contributed by atoms with van der Waals surface area (Å²) in [5, 5.41) is 2.75. The lowest BCUT2D eigenvalue weighted by atomic mass is 10.0. The number of hydrogen-bond acceptors (Lipinski definition) is 0. The van der Waals surface area contributed by atoms with Crippen LogP contribution in [0.4, 0.5) is 0 Å². The summed E-state index contributed by atoms with van der Waals surface area (Å²) in [5.41, 5.74) is 7.80. The Hall–Kier alpha value is -3.12. The molecule has 0 saturated heterocycles. The van der Waals surface area contributed by atoms with Crippen LogP contribution < -0.4 is 0 Å². The minimum Gasteiger partial charge on any atom is -0.0616 e. The SMILES string of the molecule is Cc1ccc(C)c2ccccc12.Cc1ccc(C=Cc2ccc(C)cc2)cc1. The topological polar surface area (TPSA) is 0 Å². The molecule has 140 valence electrons. The zero-order valence-corrected chi connectivity index (χ0v) is 17.2. The van der Waals surface area contributed by atoms with E-state index in [4.69, 9.17) is 0 Å². The highest BCUT2D eigenvalue weighted by molar-refractivity contribution is 5.88. The molecule has 4 aromatic carbocycles. The van der Waals surface area contributed by atoms with Gasteiger partial charge in [-0.1, -0.05) is 108 Å². The Morgan fingerprint density at radius 1 is 0.429 bits per heavy atom. The van der Waals surface area contributed by atoms with Crippen LogP contribution in [-0.4, -0.2) is 0 Å². The van der Waals surface area contributed by atoms with Crippen LogP contribution in [-0.2, 0) is 0 Å². The standard InChI is InChI=1S/C16H16.C12H12/c1-13-3-7-15(8-4-13)11-12-16-9-5-14(2)6-10-16;1-9-7-8-10(2)12-6-4-3-5-11(9)12/h3-12H,1-2H3;3-8H,1-2H3. The first-order valence-corrected chi connectivity index (χ1v) is 9.79. The molecule has 0 saturated carbocycles. The van der Waals surface area contributed by atoms with Crippen LogP contribution >= 0.6 is 0 Å². The van der Waals surface area contributed by atoms with Gasteiger partial charge >= 0.3 is 0 Å². The molecule has 0 spiro atoms. The molecule has 4 aromatic rings. The first-order valence-electron chi connectivity index (χ1n) is 9.79. The van der Waals surface area contributed by atoms with Crippen molar-refractivity contribution in [2.75, 3.05) is 0 Å². The molecular weight excluding hydrogens is 336 g/mol. The Morgan fingerprint density at radius 2 is 0.786 bits per heavy atom. The Labute approximate surface area is 169 Å². The number of rotatable bonds is 2. The molecule has 0 heterocycles. The van der Waals surface area contributed by atoms with E-state index in [2.05, 4.69) is 125 Å². The third-order valence-electron chi connectivity index (χ3n) is 4.98. The second kappa shape index (κ2) is 9.19. The molecule has 28 heavy (non-hydrogen) atoms. The van der Waals surface area contributed by atoms with Crippen molar-refractivity contribution in [1.82, 2.24) is 0 Å². The Bertz CT molecular complexity index is 977. The van der Waals surface area contributed by atoms with Crippen LogP contribution in [0.3, 0.4) is 0 Å². The van der Waals surface area contributed by atoms with Crippen molar-refractivity contribution < 1.29 is 0 Å². The van der Waals surface area contributed by atoms with Gasteiger partial charge in [-0.2, -0.15) is 0 Å². The Kier molecular flexibility index (Phi) is 6.45. The van der Waals surface area contributed by atoms with E-state index in [1.54, 1.807) is 0 Å². The van der Waals surface area contributed by atoms with Crippen molar-refractivity contribution in [3.63, 3.8) is 0 Å². The smallest absolute Gasteiger partial charge is 0.0152 e. The van der Waals surface area contributed by atoms with Crippen molar-refractivity contribution in [1.29, 1.82) is 0 Å². The van der Waals surface area contributed by atoms with Crippen molar-refractivity contribution >= 4 is 22.9 Å². The minimum atomic E-state index is 1.24. The van der Waals surface area contributed by atoms with Gasteiger partial charge in [0.2, 0.25) is 0 Å². The summed E-state index contributed by atoms with van der Waals surface area (Å²) in [6.07, 6.45) is 4.29. The van der Waals surface area contributed by atoms with Crippen LogP contribution in [0.5, 0.6) is 0 Å². The van der Waals surface area contributed by atoms with Gasteiger partial charge < -0.3 is 0 Å². The maximum absolute atomic E-state index is 2.18. The quantitative estimate of drug-likeness (QED) is 0.317. The molecule has 0 aliphatic carbocycles. The van der Waals surface area contributed by atoms with Gasteiger partial charge in [-0.15, -0.1) is 0 Å². The number of fused-ring (bicyclic) bond motifs is 1. The molecule has 0 N–H and O–H groups in total. The first kappa shape index (κ1) is 19.6. The van der Waals surface area contributed by atoms with Gasteiger partial charge in [-0.25, -0.2) is 0 Å². The summed E-state index contributed by atoms with van der Waals surface area (Å²) in [5.74, 6) is 0. The molecular formula is C28H28. The van der Waals surface area contributed by atoms with Gasteiger partial charge in [0.15, 0.2) is 0 Å². The van der Waals surface area contributed by atoms with Gasteiger partial charge in [-0.05, 0) is 60.7 Å². The van der Waals surface area contributed by atoms with Crippen LogP contribution in [0.1, 0.15) is 33.4 Å². The minimum absolute atomic E-state index is 1.24. The third kappa shape index (κ3) is 5.20. The second-order valence-electron chi connectivity index (χ2n) is 7.40. The van der Waals surface area contributed by atoms with E-state index in [1.165, 1.54) is 44.2 Å². The summed E-state index contributed by atoms with van der Waals surface area (Å²) in [6, 6.07) is 30.0. The molecule has 0 radical (unpaired) electrons. The van der Waals surface area contributed by atoms with E-state index in [0.717, 1.165) is 0 Å². The molecule has 0 aliphatic heterocycles. The zero-order chi connectivity index (χ0) is 19.9. The lowest BCUT2D eigenvalue weighted by Crippen LogP contribution is -1.80. The normalized spacial score (nSPS) is 10.7. The fourth-order valence-corrected chi connectivity index (χ4v) is 3.15. The van der Waals surface area contributed by atoms with Crippen LogP contribution in [0.2, 0.25) is 0 Å². The van der Waals surface area contributed by atoms with Crippen molar-refractivity contribution in [2.45, 2.75) is 27.7 Å². The van der Waals surface area contributed by atoms with E-state index < -0.39 is 0 Å². The van der Waals surface area contributed by atoms with Crippen LogP contribution in [0.15, 0.2) is 84.9 Å². The Balaban J connectivity index is 0.000000167. The molecule has 4 rings (SSSR count). The fraction of sp³-hybridized carbons (Fsp3) is 0.143. The summed E-state index contributed by atoms with van der Waals surface area (Å²) in [7, 11) is 0. The molecule has 0 bridgehead atoms. The average molecular weight is 365 g/mol. The van der Waals surface area contributed by atoms with Crippen molar-refractivity contribution in [3.8, 4) is 0 Å². The third-order valence-corrected chi connectivity index (χ3v) is 4.98. The molecule has 0 amide bonds. The summed E-state index contributed by atoms with van der Waals surface area (Å²) in [6.45, 7) is 8.52. The van der Waals surface area contributed by atoms with E-state index in [0.29, 0.717) is 0 Å². The first-order chi connectivity index (χ1) is 13.5. The zero-order valence-electron chi connectivity index (χ0n) is 17.2. The predicted octanol–water partition coefficient (Wildman–Crippen LogP) is 7.93. The van der Waals surface area contributed by atoms with Crippen molar-refractivity contribution in [2.24, 2.45) is 0 Å². The van der Waals surface area contributed by atoms with Gasteiger partial charge in [0.05, 0.1) is 0 Å². The fourth-order valence-electron chi connectivity index (χ4n) is 3.15. The van der Waals surface area contributed by atoms with Gasteiger partial charge in [0, 0.05) is 0 Å². The van der Waals surface area contributed by atoms with E-state index in [1.807, 2.05) is 0 Å². The lowest BCUT2D eigenvalue weighted by Gasteiger charge is -2.03. The van der Waals surface area contributed by atoms with Gasteiger partial charge in [0.1, 0.15) is 0 Å². The van der Waals surface area contributed by atoms with Gasteiger partial charge in [0.25, 0.3) is 0 Å². The predicted molar refractivity (Wildman–Crippen MR) is 125 cm³/mol. The highest BCUT2D eigenvalue weighted by Crippen LogP contribution is 2.21. The van der Waals surface area contributed by atoms with Gasteiger partial charge in [-0.3, -0.25) is 0 Å². The highest BCUT2D eigenvalue weighted by Gasteiger charge is 1.97. The Morgan fingerprint density at radius 3 is 1.14 bits per heavy atom. The molecule has 0 fully saturated rings. The lowest BCUT2D eigenvalue weighted by molar-refractivity contribution is 1.46. The van der Waals surface area contributed by atoms with Crippen LogP contribution in [0, 0.1) is 27.7 Å².